The molecule has 0 aliphatic carbocycles. The fraction of sp³-hybridized carbons (Fsp3) is 0.308. The highest BCUT2D eigenvalue weighted by atomic mass is 19.4. The number of pyridine rings is 2. The smallest absolute Gasteiger partial charge is 0.337 e. The summed E-state index contributed by atoms with van der Waals surface area (Å²) in [6.45, 7) is 3.35. The highest BCUT2D eigenvalue weighted by Gasteiger charge is 2.39. The number of alkyl halides is 6. The quantitative estimate of drug-likeness (QED) is 0.293. The number of halogens is 6. The van der Waals surface area contributed by atoms with Gasteiger partial charge < -0.3 is 4.57 Å². The van der Waals surface area contributed by atoms with Crippen LogP contribution in [0.1, 0.15) is 53.2 Å². The van der Waals surface area contributed by atoms with Crippen LogP contribution in [0.5, 0.6) is 0 Å². The average Bonchev–Trinajstić information content (AvgIpc) is 3.27. The zero-order valence-electron chi connectivity index (χ0n) is 20.0. The van der Waals surface area contributed by atoms with Gasteiger partial charge in [-0.25, -0.2) is 4.98 Å². The molecule has 0 amide bonds. The Labute approximate surface area is 208 Å². The second-order valence-corrected chi connectivity index (χ2v) is 8.84. The molecule has 4 rings (SSSR count). The first-order valence-corrected chi connectivity index (χ1v) is 11.2. The molecule has 0 aliphatic rings. The Hall–Kier alpha value is -3.94. The highest BCUT2D eigenvalue weighted by molar-refractivity contribution is 5.87. The number of nitriles is 1. The van der Waals surface area contributed by atoms with Crippen LogP contribution in [0.15, 0.2) is 49.1 Å². The number of imidazole rings is 1. The predicted octanol–water partition coefficient (Wildman–Crippen LogP) is 6.28. The molecular formula is C26H21F6N5. The van der Waals surface area contributed by atoms with Gasteiger partial charge in [-0.1, -0.05) is 13.0 Å². The summed E-state index contributed by atoms with van der Waals surface area (Å²) in [7, 11) is 1.69. The third kappa shape index (κ3) is 4.75. The maximum absolute atomic E-state index is 13.5. The van der Waals surface area contributed by atoms with Gasteiger partial charge >= 0.3 is 12.4 Å². The van der Waals surface area contributed by atoms with Crippen molar-refractivity contribution in [1.29, 1.82) is 5.26 Å². The third-order valence-electron chi connectivity index (χ3n) is 6.53. The maximum atomic E-state index is 13.5. The minimum atomic E-state index is -4.69. The molecule has 4 aromatic rings. The summed E-state index contributed by atoms with van der Waals surface area (Å²) in [5, 5.41) is 10.1. The molecule has 0 saturated heterocycles. The van der Waals surface area contributed by atoms with Crippen molar-refractivity contribution in [2.45, 2.75) is 44.5 Å². The van der Waals surface area contributed by atoms with Crippen LogP contribution in [-0.2, 0) is 31.5 Å². The van der Waals surface area contributed by atoms with E-state index in [1.54, 1.807) is 37.6 Å². The van der Waals surface area contributed by atoms with Crippen LogP contribution in [0, 0.1) is 11.3 Å². The van der Waals surface area contributed by atoms with E-state index in [1.165, 1.54) is 24.7 Å². The monoisotopic (exact) mass is 517 g/mol. The van der Waals surface area contributed by atoms with E-state index < -0.39 is 29.9 Å². The molecule has 5 nitrogen and oxygen atoms in total. The van der Waals surface area contributed by atoms with Crippen molar-refractivity contribution in [1.82, 2.24) is 19.5 Å². The second kappa shape index (κ2) is 9.18. The lowest BCUT2D eigenvalue weighted by atomic mass is 9.73. The van der Waals surface area contributed by atoms with E-state index in [4.69, 9.17) is 0 Å². The molecular weight excluding hydrogens is 496 g/mol. The van der Waals surface area contributed by atoms with E-state index in [2.05, 4.69) is 15.0 Å². The summed E-state index contributed by atoms with van der Waals surface area (Å²) < 4.78 is 82.4. The van der Waals surface area contributed by atoms with Crippen LogP contribution in [-0.4, -0.2) is 25.7 Å². The van der Waals surface area contributed by atoms with Gasteiger partial charge in [-0.3, -0.25) is 9.97 Å². The first-order valence-electron chi connectivity index (χ1n) is 11.2. The Kier molecular flexibility index (Phi) is 6.48. The Bertz CT molecular complexity index is 1510. The van der Waals surface area contributed by atoms with Gasteiger partial charge in [0.2, 0.25) is 0 Å². The minimum Gasteiger partial charge on any atom is -0.337 e. The Balaban J connectivity index is 2.04. The summed E-state index contributed by atoms with van der Waals surface area (Å²) in [6, 6.07) is 9.06. The lowest BCUT2D eigenvalue weighted by Crippen LogP contribution is -2.28. The summed E-state index contributed by atoms with van der Waals surface area (Å²) in [5.41, 5.74) is -0.964. The molecule has 1 atom stereocenters. The summed E-state index contributed by atoms with van der Waals surface area (Å²) in [5.74, 6) is 0. The molecule has 3 aromatic heterocycles. The Morgan fingerprint density at radius 3 is 2.30 bits per heavy atom. The van der Waals surface area contributed by atoms with E-state index in [9.17, 15) is 31.6 Å². The van der Waals surface area contributed by atoms with Crippen LogP contribution in [0.3, 0.4) is 0 Å². The summed E-state index contributed by atoms with van der Waals surface area (Å²) >= 11 is 0. The van der Waals surface area contributed by atoms with E-state index >= 15 is 0 Å². The maximum Gasteiger partial charge on any atom is 0.433 e. The normalized spacial score (nSPS) is 13.9. The van der Waals surface area contributed by atoms with Gasteiger partial charge in [-0.2, -0.15) is 31.6 Å². The van der Waals surface area contributed by atoms with Crippen LogP contribution in [0.4, 0.5) is 26.3 Å². The molecule has 0 fully saturated rings. The van der Waals surface area contributed by atoms with Crippen LogP contribution >= 0.6 is 0 Å². The molecule has 0 spiro atoms. The zero-order chi connectivity index (χ0) is 27.2. The Morgan fingerprint density at radius 1 is 1.03 bits per heavy atom. The number of aromatic nitrogens is 4. The molecule has 11 heteroatoms. The Morgan fingerprint density at radius 2 is 1.73 bits per heavy atom. The SMILES string of the molecule is CCc1nc2ccc(C(C)(c3ccnc(C(F)(F)F)c3)c3cncn3C)cc2c(C#N)c1CC(F)(F)F. The number of aryl methyl sites for hydroxylation is 2. The number of nitrogens with zero attached hydrogens (tertiary/aromatic N) is 5. The molecule has 37 heavy (non-hydrogen) atoms. The van der Waals surface area contributed by atoms with Crippen molar-refractivity contribution in [3.63, 3.8) is 0 Å². The molecule has 192 valence electrons. The topological polar surface area (TPSA) is 67.4 Å². The van der Waals surface area contributed by atoms with Crippen molar-refractivity contribution in [3.05, 3.63) is 88.4 Å². The van der Waals surface area contributed by atoms with Gasteiger partial charge in [0, 0.05) is 36.1 Å². The zero-order valence-corrected chi connectivity index (χ0v) is 20.0. The first-order chi connectivity index (χ1) is 17.3. The van der Waals surface area contributed by atoms with Gasteiger partial charge in [0.25, 0.3) is 0 Å². The van der Waals surface area contributed by atoms with Crippen LogP contribution in [0.2, 0.25) is 0 Å². The standard InChI is InChI=1S/C26H21F6N5/c1-4-20-18(11-25(27,28)29)19(12-33)17-9-15(5-6-21(17)36-20)24(2,23-13-34-14-37(23)3)16-7-8-35-22(10-16)26(30,31)32/h5-10,13-14H,4,11H2,1-3H3. The lowest BCUT2D eigenvalue weighted by molar-refractivity contribution is -0.141. The van der Waals surface area contributed by atoms with Gasteiger partial charge in [0.15, 0.2) is 0 Å². The summed E-state index contributed by atoms with van der Waals surface area (Å²) in [4.78, 5) is 12.0. The van der Waals surface area contributed by atoms with Crippen molar-refractivity contribution < 1.29 is 26.3 Å². The molecule has 1 unspecified atom stereocenters. The number of hydrogen-bond acceptors (Lipinski definition) is 4. The molecule has 0 aliphatic heterocycles. The molecule has 0 bridgehead atoms. The number of benzene rings is 1. The first kappa shape index (κ1) is 26.1. The van der Waals surface area contributed by atoms with Gasteiger partial charge in [0.05, 0.1) is 34.9 Å². The predicted molar refractivity (Wildman–Crippen MR) is 124 cm³/mol. The lowest BCUT2D eigenvalue weighted by Gasteiger charge is -2.32. The number of hydrogen-bond donors (Lipinski definition) is 0. The van der Waals surface area contributed by atoms with Crippen molar-refractivity contribution in [2.75, 3.05) is 0 Å². The largest absolute Gasteiger partial charge is 0.433 e. The van der Waals surface area contributed by atoms with E-state index in [1.807, 2.05) is 6.07 Å². The van der Waals surface area contributed by atoms with Crippen LogP contribution < -0.4 is 0 Å². The molecule has 0 radical (unpaired) electrons. The number of fused-ring (bicyclic) bond motifs is 1. The molecule has 3 heterocycles. The van der Waals surface area contributed by atoms with E-state index in [0.29, 0.717) is 16.8 Å². The highest BCUT2D eigenvalue weighted by Crippen LogP contribution is 2.42. The third-order valence-corrected chi connectivity index (χ3v) is 6.53. The fourth-order valence-corrected chi connectivity index (χ4v) is 4.67. The fourth-order valence-electron chi connectivity index (χ4n) is 4.67. The molecule has 1 aromatic carbocycles. The van der Waals surface area contributed by atoms with Crippen molar-refractivity contribution >= 4 is 10.9 Å². The van der Waals surface area contributed by atoms with Gasteiger partial charge in [-0.05, 0) is 48.7 Å². The molecule has 0 N–H and O–H groups in total. The van der Waals surface area contributed by atoms with Gasteiger partial charge in [0.1, 0.15) is 11.8 Å². The second-order valence-electron chi connectivity index (χ2n) is 8.84. The minimum absolute atomic E-state index is 0.154. The average molecular weight is 517 g/mol. The van der Waals surface area contributed by atoms with Crippen molar-refractivity contribution in [3.8, 4) is 6.07 Å². The van der Waals surface area contributed by atoms with Crippen molar-refractivity contribution in [2.24, 2.45) is 7.05 Å². The van der Waals surface area contributed by atoms with E-state index in [0.717, 1.165) is 12.3 Å². The summed E-state index contributed by atoms with van der Waals surface area (Å²) in [6.07, 6.45) is -6.30. The van der Waals surface area contributed by atoms with Gasteiger partial charge in [-0.15, -0.1) is 0 Å². The number of rotatable bonds is 5. The van der Waals surface area contributed by atoms with E-state index in [-0.39, 0.29) is 34.2 Å². The molecule has 0 saturated carbocycles. The van der Waals surface area contributed by atoms with Crippen LogP contribution in [0.25, 0.3) is 10.9 Å².